The van der Waals surface area contributed by atoms with E-state index in [1.165, 1.54) is 128 Å². The van der Waals surface area contributed by atoms with E-state index in [9.17, 15) is 15.0 Å². The topological polar surface area (TPSA) is 69.6 Å². The minimum atomic E-state index is -0.649. The van der Waals surface area contributed by atoms with Crippen molar-refractivity contribution in [3.8, 4) is 0 Å². The molecule has 0 spiro atoms. The Bertz CT molecular complexity index is 443. The van der Waals surface area contributed by atoms with Crippen LogP contribution in [0.3, 0.4) is 0 Å². The maximum atomic E-state index is 12.2. The molecule has 0 aromatic heterocycles. The van der Waals surface area contributed by atoms with Crippen LogP contribution in [0.15, 0.2) is 0 Å². The molecule has 0 rings (SSSR count). The van der Waals surface area contributed by atoms with Gasteiger partial charge in [-0.2, -0.15) is 0 Å². The largest absolute Gasteiger partial charge is 0.394 e. The Balaban J connectivity index is 3.54. The van der Waals surface area contributed by atoms with Crippen molar-refractivity contribution >= 4 is 5.91 Å². The fourth-order valence-electron chi connectivity index (χ4n) is 5.06. The Labute approximate surface area is 225 Å². The predicted octanol–water partition coefficient (Wildman–Crippen LogP) is 9.01. The average molecular weight is 512 g/mol. The number of aliphatic hydroxyl groups excluding tert-OH is 2. The van der Waals surface area contributed by atoms with Gasteiger partial charge >= 0.3 is 0 Å². The van der Waals surface area contributed by atoms with Crippen LogP contribution < -0.4 is 5.32 Å². The molecule has 0 aliphatic rings. The fraction of sp³-hybridized carbons (Fsp3) is 0.969. The lowest BCUT2D eigenvalue weighted by Crippen LogP contribution is -2.45. The van der Waals surface area contributed by atoms with Crippen LogP contribution in [-0.2, 0) is 4.79 Å². The van der Waals surface area contributed by atoms with Crippen molar-refractivity contribution in [1.82, 2.24) is 5.32 Å². The van der Waals surface area contributed by atoms with Crippen LogP contribution in [0.4, 0.5) is 0 Å². The molecule has 4 heteroatoms. The molecule has 0 aliphatic carbocycles. The van der Waals surface area contributed by atoms with Gasteiger partial charge in [0, 0.05) is 6.42 Å². The first-order chi connectivity index (χ1) is 17.7. The second-order valence-electron chi connectivity index (χ2n) is 11.2. The predicted molar refractivity (Wildman–Crippen MR) is 156 cm³/mol. The molecule has 216 valence electrons. The zero-order chi connectivity index (χ0) is 26.5. The second-order valence-corrected chi connectivity index (χ2v) is 11.2. The first-order valence-electron chi connectivity index (χ1n) is 16.2. The summed E-state index contributed by atoms with van der Waals surface area (Å²) in [6.45, 7) is 4.33. The third-order valence-corrected chi connectivity index (χ3v) is 7.62. The Morgan fingerprint density at radius 3 is 1.25 bits per heavy atom. The third kappa shape index (κ3) is 25.1. The van der Waals surface area contributed by atoms with Gasteiger partial charge in [0.15, 0.2) is 0 Å². The van der Waals surface area contributed by atoms with Gasteiger partial charge in [0.1, 0.15) is 0 Å². The highest BCUT2D eigenvalue weighted by molar-refractivity contribution is 5.76. The number of amides is 1. The minimum Gasteiger partial charge on any atom is -0.394 e. The van der Waals surface area contributed by atoms with Gasteiger partial charge in [-0.05, 0) is 12.8 Å². The minimum absolute atomic E-state index is 0.0325. The molecule has 4 nitrogen and oxygen atoms in total. The SMILES string of the molecule is CCCCCCCCCCCCCCCCCC(=O)NC(CO)C(O)CCCCCCCCCCC. The van der Waals surface area contributed by atoms with Crippen LogP contribution in [0.5, 0.6) is 0 Å². The van der Waals surface area contributed by atoms with Gasteiger partial charge in [-0.15, -0.1) is 0 Å². The summed E-state index contributed by atoms with van der Waals surface area (Å²) in [4.78, 5) is 12.2. The van der Waals surface area contributed by atoms with Crippen molar-refractivity contribution in [2.45, 2.75) is 193 Å². The van der Waals surface area contributed by atoms with Crippen LogP contribution in [0.1, 0.15) is 181 Å². The molecule has 0 saturated carbocycles. The third-order valence-electron chi connectivity index (χ3n) is 7.62. The Kier molecular flexibility index (Phi) is 28.5. The molecule has 2 unspecified atom stereocenters. The van der Waals surface area contributed by atoms with Gasteiger partial charge in [0.05, 0.1) is 18.8 Å². The van der Waals surface area contributed by atoms with E-state index in [2.05, 4.69) is 19.2 Å². The molecule has 0 aromatic rings. The number of carbonyl (C=O) groups excluding carboxylic acids is 1. The molecular weight excluding hydrogens is 446 g/mol. The fourth-order valence-corrected chi connectivity index (χ4v) is 5.06. The van der Waals surface area contributed by atoms with Gasteiger partial charge in [-0.1, -0.05) is 162 Å². The summed E-state index contributed by atoms with van der Waals surface area (Å²) in [5, 5.41) is 22.9. The summed E-state index contributed by atoms with van der Waals surface area (Å²) in [5.74, 6) is -0.0325. The molecule has 36 heavy (non-hydrogen) atoms. The zero-order valence-corrected chi connectivity index (χ0v) is 24.5. The first-order valence-corrected chi connectivity index (χ1v) is 16.2. The van der Waals surface area contributed by atoms with Crippen molar-refractivity contribution < 1.29 is 15.0 Å². The Morgan fingerprint density at radius 1 is 0.556 bits per heavy atom. The van der Waals surface area contributed by atoms with Crippen LogP contribution in [0.25, 0.3) is 0 Å². The summed E-state index contributed by atoms with van der Waals surface area (Å²) in [6.07, 6.45) is 31.5. The number of rotatable bonds is 29. The number of hydrogen-bond acceptors (Lipinski definition) is 3. The summed E-state index contributed by atoms with van der Waals surface area (Å²) in [5.41, 5.74) is 0. The molecule has 0 saturated heterocycles. The van der Waals surface area contributed by atoms with E-state index in [0.717, 1.165) is 25.7 Å². The van der Waals surface area contributed by atoms with E-state index in [0.29, 0.717) is 12.8 Å². The van der Waals surface area contributed by atoms with Crippen molar-refractivity contribution in [2.24, 2.45) is 0 Å². The van der Waals surface area contributed by atoms with Crippen molar-refractivity contribution in [2.75, 3.05) is 6.61 Å². The zero-order valence-electron chi connectivity index (χ0n) is 24.5. The monoisotopic (exact) mass is 511 g/mol. The molecule has 0 heterocycles. The van der Waals surface area contributed by atoms with E-state index in [4.69, 9.17) is 0 Å². The van der Waals surface area contributed by atoms with E-state index in [1.807, 2.05) is 0 Å². The highest BCUT2D eigenvalue weighted by Gasteiger charge is 2.19. The highest BCUT2D eigenvalue weighted by Crippen LogP contribution is 2.15. The number of aliphatic hydroxyl groups is 2. The number of carbonyl (C=O) groups is 1. The number of hydrogen-bond donors (Lipinski definition) is 3. The van der Waals surface area contributed by atoms with Crippen LogP contribution in [0, 0.1) is 0 Å². The average Bonchev–Trinajstić information content (AvgIpc) is 2.88. The smallest absolute Gasteiger partial charge is 0.220 e. The van der Waals surface area contributed by atoms with Crippen LogP contribution in [0.2, 0.25) is 0 Å². The van der Waals surface area contributed by atoms with Crippen LogP contribution in [-0.4, -0.2) is 34.9 Å². The lowest BCUT2D eigenvalue weighted by molar-refractivity contribution is -0.123. The lowest BCUT2D eigenvalue weighted by atomic mass is 10.0. The molecular formula is C32H65NO3. The maximum Gasteiger partial charge on any atom is 0.220 e. The second kappa shape index (κ2) is 29.0. The van der Waals surface area contributed by atoms with Crippen molar-refractivity contribution in [1.29, 1.82) is 0 Å². The molecule has 0 bridgehead atoms. The number of nitrogens with one attached hydrogen (secondary N) is 1. The molecule has 0 aliphatic heterocycles. The molecule has 0 radical (unpaired) electrons. The molecule has 0 aromatic carbocycles. The highest BCUT2D eigenvalue weighted by atomic mass is 16.3. The number of unbranched alkanes of at least 4 members (excludes halogenated alkanes) is 22. The summed E-state index contributed by atoms with van der Waals surface area (Å²) in [6, 6.07) is -0.525. The van der Waals surface area contributed by atoms with Gasteiger partial charge in [-0.3, -0.25) is 4.79 Å². The van der Waals surface area contributed by atoms with Crippen molar-refractivity contribution in [3.05, 3.63) is 0 Å². The normalized spacial score (nSPS) is 13.1. The van der Waals surface area contributed by atoms with Gasteiger partial charge in [0.25, 0.3) is 0 Å². The van der Waals surface area contributed by atoms with E-state index in [-0.39, 0.29) is 12.5 Å². The summed E-state index contributed by atoms with van der Waals surface area (Å²) < 4.78 is 0. The van der Waals surface area contributed by atoms with Crippen LogP contribution >= 0.6 is 0 Å². The van der Waals surface area contributed by atoms with Gasteiger partial charge in [-0.25, -0.2) is 0 Å². The maximum absolute atomic E-state index is 12.2. The Hall–Kier alpha value is -0.610. The molecule has 0 fully saturated rings. The van der Waals surface area contributed by atoms with Gasteiger partial charge in [0.2, 0.25) is 5.91 Å². The quantitative estimate of drug-likeness (QED) is 0.0877. The molecule has 2 atom stereocenters. The molecule has 3 N–H and O–H groups in total. The standard InChI is InChI=1S/C32H65NO3/c1-3-5-7-9-11-13-14-15-16-17-18-20-22-24-26-28-32(36)33-30(29-34)31(35)27-25-23-21-19-12-10-8-6-4-2/h30-31,34-35H,3-29H2,1-2H3,(H,33,36). The van der Waals surface area contributed by atoms with E-state index in [1.54, 1.807) is 0 Å². The van der Waals surface area contributed by atoms with E-state index >= 15 is 0 Å². The summed E-state index contributed by atoms with van der Waals surface area (Å²) >= 11 is 0. The Morgan fingerprint density at radius 2 is 0.889 bits per heavy atom. The molecule has 1 amide bonds. The van der Waals surface area contributed by atoms with E-state index < -0.39 is 12.1 Å². The van der Waals surface area contributed by atoms with Crippen molar-refractivity contribution in [3.63, 3.8) is 0 Å². The lowest BCUT2D eigenvalue weighted by Gasteiger charge is -2.22. The van der Waals surface area contributed by atoms with Gasteiger partial charge < -0.3 is 15.5 Å². The first kappa shape index (κ1) is 35.4. The summed E-state index contributed by atoms with van der Waals surface area (Å²) in [7, 11) is 0.